The zero-order chi connectivity index (χ0) is 26.8. The molecular weight excluding hydrogens is 510 g/mol. The van der Waals surface area contributed by atoms with E-state index in [0.717, 1.165) is 69.9 Å². The second-order valence-corrected chi connectivity index (χ2v) is 12.4. The van der Waals surface area contributed by atoms with Gasteiger partial charge in [-0.3, -0.25) is 4.90 Å². The molecule has 0 saturated carbocycles. The van der Waals surface area contributed by atoms with Crippen molar-refractivity contribution in [3.63, 3.8) is 0 Å². The number of benzene rings is 4. The Hall–Kier alpha value is -3.55. The normalized spacial score (nSPS) is 16.6. The van der Waals surface area contributed by atoms with Crippen molar-refractivity contribution in [1.82, 2.24) is 4.90 Å². The fraction of sp³-hybridized carbons (Fsp3) is 0.312. The molecule has 4 aromatic rings. The van der Waals surface area contributed by atoms with Gasteiger partial charge in [-0.1, -0.05) is 24.6 Å². The largest absolute Gasteiger partial charge is 0.497 e. The maximum absolute atomic E-state index is 12.2. The summed E-state index contributed by atoms with van der Waals surface area (Å²) in [4.78, 5) is 2.46. The fourth-order valence-corrected chi connectivity index (χ4v) is 7.13. The van der Waals surface area contributed by atoms with E-state index in [2.05, 4.69) is 4.90 Å². The van der Waals surface area contributed by atoms with E-state index in [1.165, 1.54) is 19.3 Å². The summed E-state index contributed by atoms with van der Waals surface area (Å²) in [6, 6.07) is 23.6. The van der Waals surface area contributed by atoms with Crippen LogP contribution in [0.5, 0.6) is 23.0 Å². The Bertz CT molecular complexity index is 1590. The summed E-state index contributed by atoms with van der Waals surface area (Å²) in [6.45, 7) is 3.94. The third-order valence-electron chi connectivity index (χ3n) is 7.61. The number of likely N-dealkylation sites (tertiary alicyclic amines) is 1. The van der Waals surface area contributed by atoms with Gasteiger partial charge in [0.25, 0.3) is 0 Å². The summed E-state index contributed by atoms with van der Waals surface area (Å²) in [5.41, 5.74) is 3.57. The summed E-state index contributed by atoms with van der Waals surface area (Å²) in [5, 5.41) is 1.94. The van der Waals surface area contributed by atoms with Gasteiger partial charge in [-0.05, 0) is 103 Å². The predicted molar refractivity (Wildman–Crippen MR) is 155 cm³/mol. The Kier molecular flexibility index (Phi) is 7.19. The van der Waals surface area contributed by atoms with E-state index in [9.17, 15) is 8.42 Å². The Morgan fingerprint density at radius 3 is 2.31 bits per heavy atom. The molecule has 1 saturated heterocycles. The van der Waals surface area contributed by atoms with Crippen molar-refractivity contribution in [2.75, 3.05) is 33.4 Å². The van der Waals surface area contributed by atoms with Crippen LogP contribution in [0.1, 0.15) is 30.4 Å². The second kappa shape index (κ2) is 10.9. The lowest BCUT2D eigenvalue weighted by atomic mass is 9.96. The fourth-order valence-electron chi connectivity index (χ4n) is 5.53. The van der Waals surface area contributed by atoms with E-state index in [4.69, 9.17) is 14.2 Å². The van der Waals surface area contributed by atoms with E-state index in [-0.39, 0.29) is 11.5 Å². The minimum absolute atomic E-state index is 0.0797. The first-order chi connectivity index (χ1) is 19.0. The molecule has 0 amide bonds. The zero-order valence-corrected chi connectivity index (χ0v) is 23.0. The monoisotopic (exact) mass is 543 g/mol. The summed E-state index contributed by atoms with van der Waals surface area (Å²) in [5.74, 6) is 3.20. The van der Waals surface area contributed by atoms with Crippen molar-refractivity contribution in [3.05, 3.63) is 83.9 Å². The van der Waals surface area contributed by atoms with Crippen LogP contribution in [0.2, 0.25) is 0 Å². The van der Waals surface area contributed by atoms with Crippen molar-refractivity contribution < 1.29 is 22.6 Å². The highest BCUT2D eigenvalue weighted by molar-refractivity contribution is 7.90. The maximum Gasteiger partial charge on any atom is 0.158 e. The lowest BCUT2D eigenvalue weighted by Gasteiger charge is -2.26. The smallest absolute Gasteiger partial charge is 0.158 e. The van der Waals surface area contributed by atoms with Crippen LogP contribution in [0.3, 0.4) is 0 Å². The number of hydrogen-bond donors (Lipinski definition) is 0. The molecule has 1 fully saturated rings. The minimum Gasteiger partial charge on any atom is -0.497 e. The lowest BCUT2D eigenvalue weighted by Crippen LogP contribution is -2.33. The highest BCUT2D eigenvalue weighted by atomic mass is 32.2. The summed E-state index contributed by atoms with van der Waals surface area (Å²) >= 11 is 0. The molecular formula is C32H33NO5S. The van der Waals surface area contributed by atoms with Gasteiger partial charge in [0.2, 0.25) is 0 Å². The molecule has 2 aliphatic rings. The molecule has 0 N–H and O–H groups in total. The highest BCUT2D eigenvalue weighted by Gasteiger charge is 2.25. The van der Waals surface area contributed by atoms with Gasteiger partial charge >= 0.3 is 0 Å². The Morgan fingerprint density at radius 2 is 1.51 bits per heavy atom. The summed E-state index contributed by atoms with van der Waals surface area (Å²) in [6.07, 6.45) is 3.89. The number of methoxy groups -OCH3 is 1. The van der Waals surface area contributed by atoms with Crippen LogP contribution in [0.15, 0.2) is 72.8 Å². The first-order valence-corrected chi connectivity index (χ1v) is 15.4. The number of nitrogens with zero attached hydrogens (tertiary/aromatic N) is 1. The molecule has 4 aromatic carbocycles. The quantitative estimate of drug-likeness (QED) is 0.249. The number of hydrogen-bond acceptors (Lipinski definition) is 6. The second-order valence-electron chi connectivity index (χ2n) is 10.4. The van der Waals surface area contributed by atoms with Crippen molar-refractivity contribution in [2.24, 2.45) is 0 Å². The number of piperidine rings is 1. The van der Waals surface area contributed by atoms with Gasteiger partial charge in [0, 0.05) is 17.5 Å². The van der Waals surface area contributed by atoms with Gasteiger partial charge in [-0.25, -0.2) is 8.42 Å². The molecule has 0 aromatic heterocycles. The van der Waals surface area contributed by atoms with Crippen LogP contribution in [0.25, 0.3) is 21.9 Å². The molecule has 0 atom stereocenters. The van der Waals surface area contributed by atoms with E-state index in [0.29, 0.717) is 12.4 Å². The van der Waals surface area contributed by atoms with Crippen LogP contribution >= 0.6 is 0 Å². The van der Waals surface area contributed by atoms with Gasteiger partial charge < -0.3 is 14.2 Å². The van der Waals surface area contributed by atoms with Crippen LogP contribution in [-0.4, -0.2) is 46.7 Å². The van der Waals surface area contributed by atoms with Crippen molar-refractivity contribution in [3.8, 4) is 34.1 Å². The molecule has 0 spiro atoms. The van der Waals surface area contributed by atoms with E-state index < -0.39 is 9.84 Å². The molecule has 0 aliphatic carbocycles. The lowest BCUT2D eigenvalue weighted by molar-refractivity contribution is 0.183. The summed E-state index contributed by atoms with van der Waals surface area (Å²) in [7, 11) is -1.43. The Labute approximate surface area is 230 Å². The van der Waals surface area contributed by atoms with Crippen LogP contribution < -0.4 is 14.2 Å². The molecule has 6 rings (SSSR count). The number of rotatable bonds is 8. The molecule has 0 bridgehead atoms. The average molecular weight is 544 g/mol. The van der Waals surface area contributed by atoms with Crippen LogP contribution in [0, 0.1) is 0 Å². The van der Waals surface area contributed by atoms with E-state index in [1.807, 2.05) is 72.8 Å². The van der Waals surface area contributed by atoms with Gasteiger partial charge in [-0.2, -0.15) is 0 Å². The minimum atomic E-state index is -3.08. The number of ether oxygens (including phenoxy) is 3. The highest BCUT2D eigenvalue weighted by Crippen LogP contribution is 2.42. The molecule has 2 heterocycles. The molecule has 39 heavy (non-hydrogen) atoms. The van der Waals surface area contributed by atoms with Crippen LogP contribution in [-0.2, 0) is 21.3 Å². The van der Waals surface area contributed by atoms with Crippen molar-refractivity contribution in [2.45, 2.75) is 30.8 Å². The SMILES string of the molecule is COc1ccc2c(Oc3ccc(OCCN4CCCCC4)cc3)c(-c3ccc4c(c3)CS(=O)(=O)C4)ccc2c1. The first-order valence-electron chi connectivity index (χ1n) is 13.5. The van der Waals surface area contributed by atoms with Gasteiger partial charge in [-0.15, -0.1) is 0 Å². The Balaban J connectivity index is 1.28. The molecule has 0 radical (unpaired) electrons. The predicted octanol–water partition coefficient (Wildman–Crippen LogP) is 6.60. The standard InChI is InChI=1S/C32H33NO5S/c1-36-29-12-14-31-24(20-29)7-13-30(23-5-6-25-21-39(34,35)22-26(25)19-23)32(31)38-28-10-8-27(9-11-28)37-18-17-33-15-3-2-4-16-33/h5-14,19-20H,2-4,15-18,21-22H2,1H3. The molecule has 202 valence electrons. The third-order valence-corrected chi connectivity index (χ3v) is 9.12. The molecule has 6 nitrogen and oxygen atoms in total. The zero-order valence-electron chi connectivity index (χ0n) is 22.2. The van der Waals surface area contributed by atoms with Gasteiger partial charge in [0.05, 0.1) is 18.6 Å². The maximum atomic E-state index is 12.2. The van der Waals surface area contributed by atoms with Crippen LogP contribution in [0.4, 0.5) is 0 Å². The third kappa shape index (κ3) is 5.75. The van der Waals surface area contributed by atoms with E-state index >= 15 is 0 Å². The molecule has 2 aliphatic heterocycles. The molecule has 0 unspecified atom stereocenters. The molecule has 7 heteroatoms. The van der Waals surface area contributed by atoms with Gasteiger partial charge in [0.1, 0.15) is 29.6 Å². The van der Waals surface area contributed by atoms with Gasteiger partial charge in [0.15, 0.2) is 9.84 Å². The number of fused-ring (bicyclic) bond motifs is 2. The average Bonchev–Trinajstić information content (AvgIpc) is 3.27. The van der Waals surface area contributed by atoms with Crippen molar-refractivity contribution >= 4 is 20.6 Å². The van der Waals surface area contributed by atoms with Crippen molar-refractivity contribution in [1.29, 1.82) is 0 Å². The Morgan fingerprint density at radius 1 is 0.769 bits per heavy atom. The van der Waals surface area contributed by atoms with E-state index in [1.54, 1.807) is 7.11 Å². The summed E-state index contributed by atoms with van der Waals surface area (Å²) < 4.78 is 42.4. The number of sulfone groups is 1. The first kappa shape index (κ1) is 25.7. The topological polar surface area (TPSA) is 65.1 Å².